The number of benzene rings is 2. The summed E-state index contributed by atoms with van der Waals surface area (Å²) in [5.41, 5.74) is 3.02. The Bertz CT molecular complexity index is 717. The van der Waals surface area contributed by atoms with E-state index in [2.05, 4.69) is 10.6 Å². The maximum Gasteiger partial charge on any atom is 0.217 e. The Morgan fingerprint density at radius 3 is 2.42 bits per heavy atom. The summed E-state index contributed by atoms with van der Waals surface area (Å²) in [6.07, 6.45) is 0.681. The second-order valence-electron chi connectivity index (χ2n) is 5.37. The molecule has 2 amide bonds. The molecule has 5 nitrogen and oxygen atoms in total. The van der Waals surface area contributed by atoms with Gasteiger partial charge in [0.2, 0.25) is 12.3 Å². The lowest BCUT2D eigenvalue weighted by Crippen LogP contribution is -2.22. The molecule has 0 aliphatic rings. The van der Waals surface area contributed by atoms with E-state index in [1.54, 1.807) is 13.1 Å². The molecule has 0 unspecified atom stereocenters. The third kappa shape index (κ3) is 4.55. The van der Waals surface area contributed by atoms with Gasteiger partial charge < -0.3 is 15.5 Å². The minimum absolute atomic E-state index is 0.0862. The molecule has 2 aromatic carbocycles. The zero-order valence-electron chi connectivity index (χ0n) is 13.7. The van der Waals surface area contributed by atoms with Crippen molar-refractivity contribution in [2.75, 3.05) is 17.3 Å². The van der Waals surface area contributed by atoms with Crippen molar-refractivity contribution in [3.05, 3.63) is 59.4 Å². The largest absolute Gasteiger partial charge is 0.386 e. The molecular formula is C18H20FN3O2. The van der Waals surface area contributed by atoms with Gasteiger partial charge in [-0.05, 0) is 29.3 Å². The molecule has 0 bridgehead atoms. The second-order valence-corrected chi connectivity index (χ2v) is 5.37. The topological polar surface area (TPSA) is 61.4 Å². The Labute approximate surface area is 140 Å². The van der Waals surface area contributed by atoms with E-state index < -0.39 is 5.82 Å². The van der Waals surface area contributed by atoms with E-state index in [1.807, 2.05) is 24.3 Å². The van der Waals surface area contributed by atoms with Crippen LogP contribution in [0.25, 0.3) is 0 Å². The van der Waals surface area contributed by atoms with E-state index in [0.717, 1.165) is 11.1 Å². The van der Waals surface area contributed by atoms with Crippen LogP contribution >= 0.6 is 0 Å². The van der Waals surface area contributed by atoms with Gasteiger partial charge in [0.15, 0.2) is 0 Å². The van der Waals surface area contributed by atoms with Gasteiger partial charge in [-0.2, -0.15) is 0 Å². The lowest BCUT2D eigenvalue weighted by Gasteiger charge is -2.21. The summed E-state index contributed by atoms with van der Waals surface area (Å²) in [5.74, 6) is -0.488. The van der Waals surface area contributed by atoms with E-state index in [-0.39, 0.29) is 5.91 Å². The van der Waals surface area contributed by atoms with Crippen molar-refractivity contribution in [2.45, 2.75) is 20.0 Å². The molecule has 0 atom stereocenters. The molecule has 6 heteroatoms. The van der Waals surface area contributed by atoms with Crippen LogP contribution in [0.15, 0.2) is 42.5 Å². The van der Waals surface area contributed by atoms with Crippen molar-refractivity contribution in [1.29, 1.82) is 0 Å². The Hall–Kier alpha value is -2.89. The van der Waals surface area contributed by atoms with E-state index >= 15 is 0 Å². The molecule has 0 spiro atoms. The monoisotopic (exact) mass is 329 g/mol. The van der Waals surface area contributed by atoms with Crippen LogP contribution in [0.1, 0.15) is 18.1 Å². The van der Waals surface area contributed by atoms with Crippen LogP contribution in [-0.4, -0.2) is 19.4 Å². The zero-order valence-corrected chi connectivity index (χ0v) is 13.7. The number of halogens is 1. The van der Waals surface area contributed by atoms with Crippen LogP contribution in [0.5, 0.6) is 0 Å². The van der Waals surface area contributed by atoms with Gasteiger partial charge >= 0.3 is 0 Å². The molecule has 24 heavy (non-hydrogen) atoms. The summed E-state index contributed by atoms with van der Waals surface area (Å²) in [4.78, 5) is 23.8. The number of nitrogens with one attached hydrogen (secondary N) is 2. The van der Waals surface area contributed by atoms with E-state index in [0.29, 0.717) is 30.9 Å². The van der Waals surface area contributed by atoms with Crippen LogP contribution < -0.4 is 15.5 Å². The molecule has 0 radical (unpaired) electrons. The SMILES string of the molecule is CNc1ccc(F)cc1N(C=O)Cc1ccc(CNC(C)=O)cc1. The molecule has 2 aromatic rings. The first kappa shape index (κ1) is 17.5. The summed E-state index contributed by atoms with van der Waals surface area (Å²) in [7, 11) is 1.72. The lowest BCUT2D eigenvalue weighted by molar-refractivity contribution is -0.119. The zero-order chi connectivity index (χ0) is 17.5. The quantitative estimate of drug-likeness (QED) is 0.768. The smallest absolute Gasteiger partial charge is 0.217 e. The first-order valence-electron chi connectivity index (χ1n) is 7.55. The third-order valence-electron chi connectivity index (χ3n) is 3.58. The highest BCUT2D eigenvalue weighted by molar-refractivity contribution is 5.83. The minimum Gasteiger partial charge on any atom is -0.386 e. The van der Waals surface area contributed by atoms with E-state index in [4.69, 9.17) is 0 Å². The van der Waals surface area contributed by atoms with Crippen molar-refractivity contribution >= 4 is 23.7 Å². The van der Waals surface area contributed by atoms with Crippen LogP contribution in [0.4, 0.5) is 15.8 Å². The first-order chi connectivity index (χ1) is 11.5. The van der Waals surface area contributed by atoms with Crippen molar-refractivity contribution in [3.63, 3.8) is 0 Å². The second kappa shape index (κ2) is 8.10. The predicted molar refractivity (Wildman–Crippen MR) is 92.2 cm³/mol. The van der Waals surface area contributed by atoms with Crippen molar-refractivity contribution in [1.82, 2.24) is 5.32 Å². The fourth-order valence-corrected chi connectivity index (χ4v) is 2.32. The van der Waals surface area contributed by atoms with E-state index in [1.165, 1.54) is 24.0 Å². The van der Waals surface area contributed by atoms with Crippen LogP contribution in [0, 0.1) is 5.82 Å². The van der Waals surface area contributed by atoms with Crippen LogP contribution in [-0.2, 0) is 22.7 Å². The van der Waals surface area contributed by atoms with Crippen LogP contribution in [0.3, 0.4) is 0 Å². The Morgan fingerprint density at radius 2 is 1.83 bits per heavy atom. The summed E-state index contributed by atoms with van der Waals surface area (Å²) < 4.78 is 13.5. The molecule has 0 fully saturated rings. The maximum atomic E-state index is 13.5. The Kier molecular flexibility index (Phi) is 5.89. The van der Waals surface area contributed by atoms with Gasteiger partial charge in [-0.3, -0.25) is 9.59 Å². The van der Waals surface area contributed by atoms with Gasteiger partial charge in [0, 0.05) is 20.5 Å². The summed E-state index contributed by atoms with van der Waals surface area (Å²) in [6, 6.07) is 11.8. The number of hydrogen-bond donors (Lipinski definition) is 2. The average molecular weight is 329 g/mol. The highest BCUT2D eigenvalue weighted by Crippen LogP contribution is 2.27. The molecule has 0 aliphatic heterocycles. The van der Waals surface area contributed by atoms with Gasteiger partial charge in [0.25, 0.3) is 0 Å². The Balaban J connectivity index is 2.14. The minimum atomic E-state index is -0.401. The normalized spacial score (nSPS) is 10.1. The average Bonchev–Trinajstić information content (AvgIpc) is 2.58. The fraction of sp³-hybridized carbons (Fsp3) is 0.222. The van der Waals surface area contributed by atoms with Crippen molar-refractivity contribution in [3.8, 4) is 0 Å². The number of amides is 2. The highest BCUT2D eigenvalue weighted by Gasteiger charge is 2.12. The van der Waals surface area contributed by atoms with E-state index in [9.17, 15) is 14.0 Å². The van der Waals surface area contributed by atoms with Gasteiger partial charge in [-0.15, -0.1) is 0 Å². The molecule has 0 aliphatic carbocycles. The Morgan fingerprint density at radius 1 is 1.17 bits per heavy atom. The van der Waals surface area contributed by atoms with Crippen molar-refractivity contribution < 1.29 is 14.0 Å². The predicted octanol–water partition coefficient (Wildman–Crippen LogP) is 2.67. The summed E-state index contributed by atoms with van der Waals surface area (Å²) in [5, 5.41) is 5.68. The molecular weight excluding hydrogens is 309 g/mol. The van der Waals surface area contributed by atoms with Crippen LogP contribution in [0.2, 0.25) is 0 Å². The van der Waals surface area contributed by atoms with Crippen molar-refractivity contribution in [2.24, 2.45) is 0 Å². The highest BCUT2D eigenvalue weighted by atomic mass is 19.1. The molecule has 0 saturated heterocycles. The van der Waals surface area contributed by atoms with Gasteiger partial charge in [-0.1, -0.05) is 24.3 Å². The van der Waals surface area contributed by atoms with Gasteiger partial charge in [0.05, 0.1) is 17.9 Å². The lowest BCUT2D eigenvalue weighted by atomic mass is 10.1. The van der Waals surface area contributed by atoms with Gasteiger partial charge in [0.1, 0.15) is 5.82 Å². The number of anilines is 2. The molecule has 0 aromatic heterocycles. The molecule has 0 heterocycles. The number of hydrogen-bond acceptors (Lipinski definition) is 3. The summed E-state index contributed by atoms with van der Waals surface area (Å²) in [6.45, 7) is 2.25. The molecule has 126 valence electrons. The van der Waals surface area contributed by atoms with Gasteiger partial charge in [-0.25, -0.2) is 4.39 Å². The standard InChI is InChI=1S/C18H20FN3O2/c1-13(24)21-10-14-3-5-15(6-4-14)11-22(12-23)18-9-16(19)7-8-17(18)20-2/h3-9,12,20H,10-11H2,1-2H3,(H,21,24). The maximum absolute atomic E-state index is 13.5. The number of carbonyl (C=O) groups excluding carboxylic acids is 2. The number of nitrogens with zero attached hydrogens (tertiary/aromatic N) is 1. The first-order valence-corrected chi connectivity index (χ1v) is 7.55. The molecule has 2 N–H and O–H groups in total. The fourth-order valence-electron chi connectivity index (χ4n) is 2.32. The molecule has 2 rings (SSSR count). The molecule has 0 saturated carbocycles. The number of rotatable bonds is 7. The third-order valence-corrected chi connectivity index (χ3v) is 3.58. The number of carbonyl (C=O) groups is 2. The summed E-state index contributed by atoms with van der Waals surface area (Å²) >= 11 is 0.